The molecule has 0 atom stereocenters. The molecule has 1 aromatic heterocycles. The van der Waals surface area contributed by atoms with Crippen LogP contribution in [-0.4, -0.2) is 33.1 Å². The minimum absolute atomic E-state index is 0.0681. The third-order valence-corrected chi connectivity index (χ3v) is 1.79. The maximum atomic E-state index is 11.5. The van der Waals surface area contributed by atoms with E-state index in [9.17, 15) is 20.0 Å². The highest BCUT2D eigenvalue weighted by Gasteiger charge is 2.18. The minimum Gasteiger partial charge on any atom is -0.389 e. The minimum atomic E-state index is -1.02. The summed E-state index contributed by atoms with van der Waals surface area (Å²) in [6.45, 7) is 3.16. The van der Waals surface area contributed by atoms with Crippen molar-refractivity contribution in [3.05, 3.63) is 27.9 Å². The summed E-state index contributed by atoms with van der Waals surface area (Å²) in [5, 5.41) is 22.2. The third kappa shape index (κ3) is 3.35. The molecule has 0 unspecified atom stereocenters. The van der Waals surface area contributed by atoms with Crippen molar-refractivity contribution in [1.29, 1.82) is 0 Å². The van der Waals surface area contributed by atoms with Gasteiger partial charge in [0.25, 0.3) is 5.91 Å². The normalized spacial score (nSPS) is 11.2. The largest absolute Gasteiger partial charge is 0.389 e. The number of rotatable bonds is 4. The van der Waals surface area contributed by atoms with Crippen LogP contribution in [0.5, 0.6) is 0 Å². The Labute approximate surface area is 91.6 Å². The van der Waals surface area contributed by atoms with E-state index in [0.29, 0.717) is 0 Å². The Balaban J connectivity index is 2.63. The zero-order valence-corrected chi connectivity index (χ0v) is 8.98. The van der Waals surface area contributed by atoms with Gasteiger partial charge < -0.3 is 20.5 Å². The van der Waals surface area contributed by atoms with E-state index in [0.717, 1.165) is 0 Å². The molecule has 88 valence electrons. The first-order chi connectivity index (χ1) is 7.29. The van der Waals surface area contributed by atoms with Crippen LogP contribution in [-0.2, 0) is 0 Å². The van der Waals surface area contributed by atoms with E-state index in [1.54, 1.807) is 13.8 Å². The molecule has 0 saturated heterocycles. The Morgan fingerprint density at radius 1 is 1.62 bits per heavy atom. The van der Waals surface area contributed by atoms with Crippen LogP contribution in [0, 0.1) is 10.1 Å². The molecule has 3 N–H and O–H groups in total. The number of aliphatic hydroxyl groups is 1. The van der Waals surface area contributed by atoms with E-state index in [-0.39, 0.29) is 18.1 Å². The summed E-state index contributed by atoms with van der Waals surface area (Å²) in [5.41, 5.74) is -0.926. The second-order valence-electron chi connectivity index (χ2n) is 4.01. The summed E-state index contributed by atoms with van der Waals surface area (Å²) < 4.78 is 0. The number of nitrogens with zero attached hydrogens (tertiary/aromatic N) is 1. The van der Waals surface area contributed by atoms with Gasteiger partial charge in [-0.05, 0) is 24.8 Å². The van der Waals surface area contributed by atoms with Gasteiger partial charge >= 0.3 is 5.82 Å². The predicted octanol–water partition coefficient (Wildman–Crippen LogP) is 0.424. The molecule has 0 aliphatic heterocycles. The molecule has 0 aliphatic carbocycles. The maximum absolute atomic E-state index is 11.5. The van der Waals surface area contributed by atoms with Gasteiger partial charge in [0.2, 0.25) is 0 Å². The Bertz CT molecular complexity index is 405. The molecule has 16 heavy (non-hydrogen) atoms. The zero-order valence-electron chi connectivity index (χ0n) is 8.98. The summed E-state index contributed by atoms with van der Waals surface area (Å²) in [5.74, 6) is -0.733. The smallest absolute Gasteiger partial charge is 0.321 e. The first-order valence-electron chi connectivity index (χ1n) is 4.63. The third-order valence-electron chi connectivity index (χ3n) is 1.79. The molecular formula is C9H13N3O4. The fraction of sp³-hybridized carbons (Fsp3) is 0.444. The van der Waals surface area contributed by atoms with Crippen molar-refractivity contribution in [2.24, 2.45) is 0 Å². The molecule has 0 aromatic carbocycles. The van der Waals surface area contributed by atoms with Gasteiger partial charge in [-0.25, -0.2) is 4.98 Å². The topological polar surface area (TPSA) is 108 Å². The fourth-order valence-electron chi connectivity index (χ4n) is 1.01. The van der Waals surface area contributed by atoms with Gasteiger partial charge in [-0.2, -0.15) is 0 Å². The Hall–Kier alpha value is -1.89. The molecule has 1 aromatic rings. The highest BCUT2D eigenvalue weighted by molar-refractivity contribution is 5.92. The lowest BCUT2D eigenvalue weighted by Gasteiger charge is -2.16. The number of hydrogen-bond acceptors (Lipinski definition) is 4. The molecule has 0 bridgehead atoms. The number of aromatic nitrogens is 1. The lowest BCUT2D eigenvalue weighted by molar-refractivity contribution is -0.389. The van der Waals surface area contributed by atoms with E-state index in [4.69, 9.17) is 0 Å². The zero-order chi connectivity index (χ0) is 12.3. The quantitative estimate of drug-likeness (QED) is 0.511. The van der Waals surface area contributed by atoms with Crippen LogP contribution in [0.3, 0.4) is 0 Å². The molecular weight excluding hydrogens is 214 g/mol. The van der Waals surface area contributed by atoms with Gasteiger partial charge in [0.05, 0.1) is 5.60 Å². The van der Waals surface area contributed by atoms with Crippen LogP contribution in [0.1, 0.15) is 24.3 Å². The van der Waals surface area contributed by atoms with Crippen molar-refractivity contribution in [1.82, 2.24) is 10.3 Å². The van der Waals surface area contributed by atoms with Crippen molar-refractivity contribution in [3.63, 3.8) is 0 Å². The first kappa shape index (κ1) is 12.2. The first-order valence-corrected chi connectivity index (χ1v) is 4.63. The summed E-state index contributed by atoms with van der Waals surface area (Å²) in [7, 11) is 0. The molecule has 0 fully saturated rings. The average Bonchev–Trinajstić information content (AvgIpc) is 2.61. The van der Waals surface area contributed by atoms with Crippen LogP contribution >= 0.6 is 0 Å². The van der Waals surface area contributed by atoms with Crippen LogP contribution in [0.2, 0.25) is 0 Å². The van der Waals surface area contributed by atoms with E-state index >= 15 is 0 Å². The SMILES string of the molecule is CC(C)(O)CNC(=O)c1ccc([N+](=O)[O-])[nH]1. The maximum Gasteiger partial charge on any atom is 0.321 e. The molecule has 0 saturated carbocycles. The fourth-order valence-corrected chi connectivity index (χ4v) is 1.01. The van der Waals surface area contributed by atoms with Gasteiger partial charge in [-0.15, -0.1) is 0 Å². The summed E-state index contributed by atoms with van der Waals surface area (Å²) >= 11 is 0. The van der Waals surface area contributed by atoms with E-state index in [1.807, 2.05) is 0 Å². The van der Waals surface area contributed by atoms with E-state index in [2.05, 4.69) is 10.3 Å². The van der Waals surface area contributed by atoms with Crippen molar-refractivity contribution in [2.75, 3.05) is 6.54 Å². The van der Waals surface area contributed by atoms with E-state index in [1.165, 1.54) is 12.1 Å². The molecule has 1 heterocycles. The molecule has 7 heteroatoms. The van der Waals surface area contributed by atoms with Gasteiger partial charge in [0.1, 0.15) is 0 Å². The average molecular weight is 227 g/mol. The van der Waals surface area contributed by atoms with Crippen molar-refractivity contribution in [2.45, 2.75) is 19.4 Å². The Morgan fingerprint density at radius 3 is 2.69 bits per heavy atom. The second-order valence-corrected chi connectivity index (χ2v) is 4.01. The van der Waals surface area contributed by atoms with Crippen LogP contribution < -0.4 is 5.32 Å². The molecule has 0 spiro atoms. The predicted molar refractivity (Wildman–Crippen MR) is 56.1 cm³/mol. The summed E-state index contributed by atoms with van der Waals surface area (Å²) in [6.07, 6.45) is 0. The number of aromatic amines is 1. The summed E-state index contributed by atoms with van der Waals surface area (Å²) in [4.78, 5) is 23.5. The van der Waals surface area contributed by atoms with Crippen LogP contribution in [0.4, 0.5) is 5.82 Å². The second kappa shape index (κ2) is 4.31. The van der Waals surface area contributed by atoms with Gasteiger partial charge in [-0.3, -0.25) is 4.79 Å². The van der Waals surface area contributed by atoms with Gasteiger partial charge in [0.15, 0.2) is 5.69 Å². The van der Waals surface area contributed by atoms with Crippen molar-refractivity contribution < 1.29 is 14.8 Å². The Morgan fingerprint density at radius 2 is 2.25 bits per heavy atom. The summed E-state index contributed by atoms with van der Waals surface area (Å²) in [6, 6.07) is 2.52. The standard InChI is InChI=1S/C9H13N3O4/c1-9(2,14)5-10-8(13)6-3-4-7(11-6)12(15)16/h3-4,11,14H,5H2,1-2H3,(H,10,13). The molecule has 0 aliphatic rings. The highest BCUT2D eigenvalue weighted by Crippen LogP contribution is 2.09. The molecule has 7 nitrogen and oxygen atoms in total. The lowest BCUT2D eigenvalue weighted by atomic mass is 10.1. The Kier molecular flexibility index (Phi) is 3.28. The monoisotopic (exact) mass is 227 g/mol. The lowest BCUT2D eigenvalue weighted by Crippen LogP contribution is -2.38. The number of carbonyl (C=O) groups excluding carboxylic acids is 1. The van der Waals surface area contributed by atoms with Gasteiger partial charge in [0, 0.05) is 12.6 Å². The van der Waals surface area contributed by atoms with Crippen LogP contribution in [0.15, 0.2) is 12.1 Å². The van der Waals surface area contributed by atoms with Gasteiger partial charge in [-0.1, -0.05) is 0 Å². The molecule has 0 radical (unpaired) electrons. The van der Waals surface area contributed by atoms with Crippen molar-refractivity contribution >= 4 is 11.7 Å². The molecule has 1 amide bonds. The number of carbonyl (C=O) groups is 1. The van der Waals surface area contributed by atoms with Crippen LogP contribution in [0.25, 0.3) is 0 Å². The number of nitrogens with one attached hydrogen (secondary N) is 2. The number of H-pyrrole nitrogens is 1. The van der Waals surface area contributed by atoms with Crippen molar-refractivity contribution in [3.8, 4) is 0 Å². The highest BCUT2D eigenvalue weighted by atomic mass is 16.6. The number of hydrogen-bond donors (Lipinski definition) is 3. The molecule has 1 rings (SSSR count). The number of amides is 1. The number of nitro groups is 1. The van der Waals surface area contributed by atoms with E-state index < -0.39 is 16.4 Å².